The molecular weight excluding hydrogens is 284 g/mol. The molecule has 0 aromatic carbocycles. The number of amides is 1. The van der Waals surface area contributed by atoms with Crippen LogP contribution in [0.4, 0.5) is 0 Å². The van der Waals surface area contributed by atoms with Crippen molar-refractivity contribution in [3.63, 3.8) is 0 Å². The third kappa shape index (κ3) is 2.82. The van der Waals surface area contributed by atoms with Gasteiger partial charge in [-0.25, -0.2) is 0 Å². The lowest BCUT2D eigenvalue weighted by Gasteiger charge is -2.23. The number of aromatic nitrogens is 1. The predicted octanol–water partition coefficient (Wildman–Crippen LogP) is 0.421. The number of thioether (sulfide) groups is 1. The van der Waals surface area contributed by atoms with Crippen molar-refractivity contribution < 1.29 is 14.7 Å². The molecule has 0 radical (unpaired) electrons. The van der Waals surface area contributed by atoms with E-state index in [1.54, 1.807) is 30.6 Å². The molecule has 0 spiro atoms. The maximum absolute atomic E-state index is 12.1. The Hall–Kier alpha value is -1.73. The summed E-state index contributed by atoms with van der Waals surface area (Å²) in [5, 5.41) is 10.8. The quantitative estimate of drug-likeness (QED) is 0.594. The number of rotatable bonds is 3. The topological polar surface area (TPSA) is 73.3 Å². The highest BCUT2D eigenvalue weighted by atomic mass is 32.2. The van der Waals surface area contributed by atoms with E-state index in [1.807, 2.05) is 0 Å². The van der Waals surface area contributed by atoms with Crippen LogP contribution in [0.15, 0.2) is 29.4 Å². The van der Waals surface area contributed by atoms with Crippen LogP contribution in [0.2, 0.25) is 0 Å². The first-order valence-corrected chi connectivity index (χ1v) is 6.61. The van der Waals surface area contributed by atoms with E-state index in [4.69, 9.17) is 12.2 Å². The van der Waals surface area contributed by atoms with Gasteiger partial charge in [0.05, 0.1) is 16.9 Å². The second kappa shape index (κ2) is 5.50. The third-order valence-electron chi connectivity index (χ3n) is 2.53. The minimum Gasteiger partial charge on any atom is -0.548 e. The number of pyridine rings is 1. The number of hydrogen-bond acceptors (Lipinski definition) is 6. The van der Waals surface area contributed by atoms with Gasteiger partial charge in [0.25, 0.3) is 5.91 Å². The van der Waals surface area contributed by atoms with Crippen molar-refractivity contribution in [1.82, 2.24) is 9.88 Å². The highest BCUT2D eigenvalue weighted by Gasteiger charge is 2.35. The van der Waals surface area contributed by atoms with Gasteiger partial charge in [-0.05, 0) is 24.6 Å². The fourth-order valence-corrected chi connectivity index (χ4v) is 2.95. The first-order valence-electron chi connectivity index (χ1n) is 5.38. The van der Waals surface area contributed by atoms with Crippen molar-refractivity contribution in [2.24, 2.45) is 0 Å². The molecule has 2 heterocycles. The summed E-state index contributed by atoms with van der Waals surface area (Å²) in [7, 11) is 0. The molecule has 1 unspecified atom stereocenters. The number of carbonyl (C=O) groups excluding carboxylic acids is 2. The molecule has 1 fully saturated rings. The number of hydrogen-bond donors (Lipinski definition) is 0. The van der Waals surface area contributed by atoms with Gasteiger partial charge in [-0.1, -0.05) is 30.0 Å². The largest absolute Gasteiger partial charge is 0.548 e. The van der Waals surface area contributed by atoms with Crippen LogP contribution in [0.1, 0.15) is 12.5 Å². The Kier molecular flexibility index (Phi) is 3.96. The summed E-state index contributed by atoms with van der Waals surface area (Å²) in [4.78, 5) is 28.3. The molecule has 0 aliphatic carbocycles. The molecule has 1 amide bonds. The van der Waals surface area contributed by atoms with Crippen molar-refractivity contribution >= 4 is 46.3 Å². The molecule has 1 saturated heterocycles. The zero-order chi connectivity index (χ0) is 14.0. The zero-order valence-corrected chi connectivity index (χ0v) is 11.5. The molecule has 2 rings (SSSR count). The lowest BCUT2D eigenvalue weighted by Crippen LogP contribution is -2.48. The Labute approximate surface area is 119 Å². The molecule has 98 valence electrons. The average Bonchev–Trinajstić information content (AvgIpc) is 2.65. The van der Waals surface area contributed by atoms with Crippen LogP contribution in [0.5, 0.6) is 0 Å². The summed E-state index contributed by atoms with van der Waals surface area (Å²) in [5.41, 5.74) is 0.754. The highest BCUT2D eigenvalue weighted by Crippen LogP contribution is 2.33. The van der Waals surface area contributed by atoms with Crippen LogP contribution in [-0.2, 0) is 9.59 Å². The van der Waals surface area contributed by atoms with Crippen LogP contribution in [0.25, 0.3) is 6.08 Å². The van der Waals surface area contributed by atoms with Gasteiger partial charge in [0, 0.05) is 12.4 Å². The fraction of sp³-hybridized carbons (Fsp3) is 0.167. The SMILES string of the molecule is CC(C(=O)[O-])N1C(=O)C(=Cc2cccnc2)SC1=S. The van der Waals surface area contributed by atoms with E-state index in [0.29, 0.717) is 4.91 Å². The number of carboxylic acid groups (broad SMARTS) is 1. The van der Waals surface area contributed by atoms with Crippen molar-refractivity contribution in [2.75, 3.05) is 0 Å². The van der Waals surface area contributed by atoms with E-state index in [2.05, 4.69) is 4.98 Å². The van der Waals surface area contributed by atoms with E-state index in [9.17, 15) is 14.7 Å². The second-order valence-electron chi connectivity index (χ2n) is 3.83. The molecule has 1 aromatic rings. The lowest BCUT2D eigenvalue weighted by molar-refractivity contribution is -0.309. The van der Waals surface area contributed by atoms with Crippen LogP contribution in [0.3, 0.4) is 0 Å². The Morgan fingerprint density at radius 3 is 2.95 bits per heavy atom. The van der Waals surface area contributed by atoms with Gasteiger partial charge in [-0.15, -0.1) is 0 Å². The molecule has 1 aliphatic rings. The summed E-state index contributed by atoms with van der Waals surface area (Å²) in [5.74, 6) is -1.76. The Bertz CT molecular complexity index is 572. The van der Waals surface area contributed by atoms with Gasteiger partial charge in [0.15, 0.2) is 0 Å². The normalized spacial score (nSPS) is 19.0. The Morgan fingerprint density at radius 2 is 2.37 bits per heavy atom. The number of carboxylic acids is 1. The lowest BCUT2D eigenvalue weighted by atomic mass is 10.2. The molecule has 5 nitrogen and oxygen atoms in total. The summed E-state index contributed by atoms with van der Waals surface area (Å²) in [6, 6.07) is 2.46. The molecular formula is C12H9N2O3S2-. The number of aliphatic carboxylic acids is 1. The second-order valence-corrected chi connectivity index (χ2v) is 5.51. The van der Waals surface area contributed by atoms with Gasteiger partial charge >= 0.3 is 0 Å². The zero-order valence-electron chi connectivity index (χ0n) is 9.90. The molecule has 0 N–H and O–H groups in total. The standard InChI is InChI=1S/C12H10N2O3S2/c1-7(11(16)17)14-10(15)9(19-12(14)18)5-8-3-2-4-13-6-8/h2-7H,1H3,(H,16,17)/p-1. The third-order valence-corrected chi connectivity index (χ3v) is 3.86. The molecule has 0 saturated carbocycles. The van der Waals surface area contributed by atoms with Crippen molar-refractivity contribution in [2.45, 2.75) is 13.0 Å². The maximum Gasteiger partial charge on any atom is 0.266 e. The molecule has 0 bridgehead atoms. The molecule has 19 heavy (non-hydrogen) atoms. The van der Waals surface area contributed by atoms with E-state index < -0.39 is 17.9 Å². The minimum absolute atomic E-state index is 0.219. The Balaban J connectivity index is 2.28. The smallest absolute Gasteiger partial charge is 0.266 e. The first-order chi connectivity index (χ1) is 9.00. The predicted molar refractivity (Wildman–Crippen MR) is 73.7 cm³/mol. The van der Waals surface area contributed by atoms with Crippen molar-refractivity contribution in [3.8, 4) is 0 Å². The van der Waals surface area contributed by atoms with Gasteiger partial charge < -0.3 is 9.90 Å². The van der Waals surface area contributed by atoms with Gasteiger partial charge in [-0.3, -0.25) is 14.7 Å². The van der Waals surface area contributed by atoms with E-state index in [1.165, 1.54) is 6.92 Å². The molecule has 1 aromatic heterocycles. The van der Waals surface area contributed by atoms with Crippen LogP contribution >= 0.6 is 24.0 Å². The highest BCUT2D eigenvalue weighted by molar-refractivity contribution is 8.26. The molecule has 1 aliphatic heterocycles. The first kappa shape index (κ1) is 13.7. The number of carbonyl (C=O) groups is 2. The summed E-state index contributed by atoms with van der Waals surface area (Å²) in [6.45, 7) is 1.37. The van der Waals surface area contributed by atoms with Gasteiger partial charge in [0.2, 0.25) is 0 Å². The Morgan fingerprint density at radius 1 is 1.63 bits per heavy atom. The average molecular weight is 293 g/mol. The minimum atomic E-state index is -1.33. The van der Waals surface area contributed by atoms with Gasteiger partial charge in [0.1, 0.15) is 4.32 Å². The number of nitrogens with zero attached hydrogens (tertiary/aromatic N) is 2. The summed E-state index contributed by atoms with van der Waals surface area (Å²) < 4.78 is 0.219. The van der Waals surface area contributed by atoms with E-state index in [-0.39, 0.29) is 4.32 Å². The molecule has 7 heteroatoms. The number of thiocarbonyl (C=S) groups is 1. The maximum atomic E-state index is 12.1. The summed E-state index contributed by atoms with van der Waals surface area (Å²) >= 11 is 6.10. The van der Waals surface area contributed by atoms with Crippen LogP contribution < -0.4 is 5.11 Å². The van der Waals surface area contributed by atoms with Crippen LogP contribution in [-0.4, -0.2) is 32.1 Å². The molecule has 1 atom stereocenters. The van der Waals surface area contributed by atoms with E-state index >= 15 is 0 Å². The van der Waals surface area contributed by atoms with E-state index in [0.717, 1.165) is 22.2 Å². The fourth-order valence-electron chi connectivity index (χ4n) is 1.53. The monoisotopic (exact) mass is 293 g/mol. The van der Waals surface area contributed by atoms with Gasteiger partial charge in [-0.2, -0.15) is 0 Å². The van der Waals surface area contributed by atoms with Crippen molar-refractivity contribution in [3.05, 3.63) is 35.0 Å². The van der Waals surface area contributed by atoms with Crippen LogP contribution in [0, 0.1) is 0 Å². The summed E-state index contributed by atoms with van der Waals surface area (Å²) in [6.07, 6.45) is 4.86. The van der Waals surface area contributed by atoms with Crippen molar-refractivity contribution in [1.29, 1.82) is 0 Å².